The van der Waals surface area contributed by atoms with Crippen LogP contribution < -0.4 is 24.7 Å². The van der Waals surface area contributed by atoms with E-state index < -0.39 is 26.0 Å². The summed E-state index contributed by atoms with van der Waals surface area (Å²) in [6.07, 6.45) is 0.978. The molecule has 3 aromatic heterocycles. The standard InChI is InChI=1S/C25H31N13O5S2/c1-17-14-18(16-26)29-25(28-17)37-10-12-38(13-11-37)45(42,43)22-5-4-20(31-33-22)30-24(39)19-15-21(36-8-6-27-7-9-36)32-34-23(19)35(2)44(3,40)41/h4-5,14-15,27H,6-13H2,1-3H3,(H,30,31,39). The lowest BCUT2D eigenvalue weighted by Crippen LogP contribution is -2.49. The number of carbonyl (C=O) groups is 1. The molecule has 0 aromatic carbocycles. The molecule has 2 aliphatic heterocycles. The van der Waals surface area contributed by atoms with Gasteiger partial charge in [-0.25, -0.2) is 26.8 Å². The van der Waals surface area contributed by atoms with E-state index in [0.29, 0.717) is 56.7 Å². The first-order valence-electron chi connectivity index (χ1n) is 13.8. The van der Waals surface area contributed by atoms with Gasteiger partial charge >= 0.3 is 0 Å². The third kappa shape index (κ3) is 7.06. The molecule has 2 fully saturated rings. The van der Waals surface area contributed by atoms with Crippen molar-refractivity contribution in [2.75, 3.05) is 85.1 Å². The Bertz CT molecular complexity index is 1840. The SMILES string of the molecule is Cc1cc(C#N)nc(N2CCN(S(=O)(=O)c3ccc(NC(=O)c4cc(N5CCNCC5)nnc4N(C)S(C)(=O)=O)nn3)CC2)n1. The van der Waals surface area contributed by atoms with E-state index >= 15 is 0 Å². The minimum absolute atomic E-state index is 0.0536. The van der Waals surface area contributed by atoms with E-state index in [9.17, 15) is 26.9 Å². The molecule has 2 aliphatic rings. The second kappa shape index (κ2) is 12.8. The van der Waals surface area contributed by atoms with Crippen LogP contribution in [0.2, 0.25) is 0 Å². The van der Waals surface area contributed by atoms with E-state index in [4.69, 9.17) is 0 Å². The number of nitrogens with zero attached hydrogens (tertiary/aromatic N) is 11. The van der Waals surface area contributed by atoms with Crippen molar-refractivity contribution >= 4 is 49.4 Å². The normalized spacial score (nSPS) is 16.2. The zero-order chi connectivity index (χ0) is 32.4. The highest BCUT2D eigenvalue weighted by Gasteiger charge is 2.31. The van der Waals surface area contributed by atoms with Gasteiger partial charge in [0.25, 0.3) is 15.9 Å². The molecular formula is C25H31N13O5S2. The smallest absolute Gasteiger partial charge is 0.262 e. The molecule has 20 heteroatoms. The molecule has 5 rings (SSSR count). The fraction of sp³-hybridized carbons (Fsp3) is 0.440. The molecule has 45 heavy (non-hydrogen) atoms. The largest absolute Gasteiger partial charge is 0.353 e. The topological polar surface area (TPSA) is 223 Å². The predicted octanol–water partition coefficient (Wildman–Crippen LogP) is -1.19. The maximum atomic E-state index is 13.4. The number of hydrogen-bond donors (Lipinski definition) is 2. The van der Waals surface area contributed by atoms with Crippen LogP contribution in [-0.4, -0.2) is 123 Å². The van der Waals surface area contributed by atoms with Crippen molar-refractivity contribution in [3.63, 3.8) is 0 Å². The lowest BCUT2D eigenvalue weighted by Gasteiger charge is -2.33. The maximum absolute atomic E-state index is 13.4. The van der Waals surface area contributed by atoms with E-state index in [2.05, 4.69) is 41.0 Å². The van der Waals surface area contributed by atoms with Crippen molar-refractivity contribution < 1.29 is 21.6 Å². The van der Waals surface area contributed by atoms with Crippen LogP contribution in [0.1, 0.15) is 21.7 Å². The van der Waals surface area contributed by atoms with Crippen molar-refractivity contribution in [3.8, 4) is 6.07 Å². The van der Waals surface area contributed by atoms with Crippen LogP contribution in [0.3, 0.4) is 0 Å². The summed E-state index contributed by atoms with van der Waals surface area (Å²) in [5.74, 6) is -0.203. The van der Waals surface area contributed by atoms with Crippen LogP contribution in [0.4, 0.5) is 23.4 Å². The van der Waals surface area contributed by atoms with Gasteiger partial charge in [-0.15, -0.1) is 20.4 Å². The second-order valence-electron chi connectivity index (χ2n) is 10.3. The Balaban J connectivity index is 1.30. The number of anilines is 4. The fourth-order valence-electron chi connectivity index (χ4n) is 4.70. The second-order valence-corrected chi connectivity index (χ2v) is 14.2. The molecule has 0 saturated carbocycles. The van der Waals surface area contributed by atoms with Gasteiger partial charge in [0, 0.05) is 65.1 Å². The van der Waals surface area contributed by atoms with E-state index in [0.717, 1.165) is 10.6 Å². The van der Waals surface area contributed by atoms with Gasteiger partial charge in [-0.05, 0) is 31.2 Å². The molecular weight excluding hydrogens is 626 g/mol. The summed E-state index contributed by atoms with van der Waals surface area (Å²) in [6.45, 7) is 5.27. The predicted molar refractivity (Wildman–Crippen MR) is 163 cm³/mol. The van der Waals surface area contributed by atoms with E-state index in [-0.39, 0.29) is 41.0 Å². The van der Waals surface area contributed by atoms with Crippen LogP contribution in [0, 0.1) is 18.3 Å². The van der Waals surface area contributed by atoms with Crippen molar-refractivity contribution in [2.24, 2.45) is 0 Å². The summed E-state index contributed by atoms with van der Waals surface area (Å²) in [5, 5.41) is 30.6. The number of amides is 1. The van der Waals surface area contributed by atoms with Gasteiger partial charge in [-0.3, -0.25) is 9.10 Å². The molecule has 1 amide bonds. The first-order valence-corrected chi connectivity index (χ1v) is 17.1. The molecule has 0 bridgehead atoms. The average molecular weight is 658 g/mol. The summed E-state index contributed by atoms with van der Waals surface area (Å²) < 4.78 is 53.2. The lowest BCUT2D eigenvalue weighted by molar-refractivity contribution is 0.102. The molecule has 0 atom stereocenters. The van der Waals surface area contributed by atoms with Gasteiger partial charge in [0.2, 0.25) is 16.0 Å². The number of nitriles is 1. The Morgan fingerprint density at radius 1 is 0.956 bits per heavy atom. The molecule has 5 heterocycles. The molecule has 2 saturated heterocycles. The summed E-state index contributed by atoms with van der Waals surface area (Å²) in [4.78, 5) is 25.7. The zero-order valence-corrected chi connectivity index (χ0v) is 26.4. The fourth-order valence-corrected chi connectivity index (χ4v) is 6.44. The van der Waals surface area contributed by atoms with Crippen LogP contribution >= 0.6 is 0 Å². The maximum Gasteiger partial charge on any atom is 0.262 e. The number of aromatic nitrogens is 6. The number of carbonyl (C=O) groups excluding carboxylic acids is 1. The van der Waals surface area contributed by atoms with Gasteiger partial charge in [0.1, 0.15) is 11.8 Å². The minimum Gasteiger partial charge on any atom is -0.353 e. The molecule has 0 radical (unpaired) electrons. The first kappa shape index (κ1) is 31.8. The highest BCUT2D eigenvalue weighted by Crippen LogP contribution is 2.24. The molecule has 2 N–H and O–H groups in total. The number of sulfonamides is 2. The van der Waals surface area contributed by atoms with Gasteiger partial charge in [-0.2, -0.15) is 9.57 Å². The molecule has 0 aliphatic carbocycles. The first-order chi connectivity index (χ1) is 21.4. The van der Waals surface area contributed by atoms with E-state index in [1.807, 2.05) is 11.0 Å². The van der Waals surface area contributed by atoms with Crippen LogP contribution in [-0.2, 0) is 20.0 Å². The Labute approximate surface area is 260 Å². The summed E-state index contributed by atoms with van der Waals surface area (Å²) in [7, 11) is -6.53. The number of rotatable bonds is 8. The van der Waals surface area contributed by atoms with Gasteiger partial charge in [0.15, 0.2) is 22.5 Å². The summed E-state index contributed by atoms with van der Waals surface area (Å²) in [5.41, 5.74) is 0.795. The third-order valence-electron chi connectivity index (χ3n) is 7.21. The summed E-state index contributed by atoms with van der Waals surface area (Å²) >= 11 is 0. The van der Waals surface area contributed by atoms with Crippen molar-refractivity contribution in [1.29, 1.82) is 5.26 Å². The third-order valence-corrected chi connectivity index (χ3v) is 10.2. The van der Waals surface area contributed by atoms with Crippen molar-refractivity contribution in [3.05, 3.63) is 41.2 Å². The molecule has 3 aromatic rings. The molecule has 238 valence electrons. The quantitative estimate of drug-likeness (QED) is 0.290. The number of nitrogens with one attached hydrogen (secondary N) is 2. The summed E-state index contributed by atoms with van der Waals surface area (Å²) in [6, 6.07) is 7.55. The van der Waals surface area contributed by atoms with E-state index in [1.54, 1.807) is 17.9 Å². The molecule has 0 spiro atoms. The van der Waals surface area contributed by atoms with Crippen LogP contribution in [0.5, 0.6) is 0 Å². The zero-order valence-electron chi connectivity index (χ0n) is 24.7. The Kier molecular flexibility index (Phi) is 9.06. The van der Waals surface area contributed by atoms with Crippen LogP contribution in [0.15, 0.2) is 29.3 Å². The monoisotopic (exact) mass is 657 g/mol. The molecule has 0 unspecified atom stereocenters. The minimum atomic E-state index is -4.01. The van der Waals surface area contributed by atoms with Crippen molar-refractivity contribution in [1.82, 2.24) is 40.0 Å². The Morgan fingerprint density at radius 3 is 2.29 bits per heavy atom. The lowest BCUT2D eigenvalue weighted by atomic mass is 10.2. The van der Waals surface area contributed by atoms with E-state index in [1.165, 1.54) is 29.6 Å². The Morgan fingerprint density at radius 2 is 1.67 bits per heavy atom. The van der Waals surface area contributed by atoms with Crippen LogP contribution in [0.25, 0.3) is 0 Å². The highest BCUT2D eigenvalue weighted by atomic mass is 32.2. The van der Waals surface area contributed by atoms with Crippen molar-refractivity contribution in [2.45, 2.75) is 11.9 Å². The Hall–Kier alpha value is -4.58. The molecule has 18 nitrogen and oxygen atoms in total. The number of piperazine rings is 2. The van der Waals surface area contributed by atoms with Gasteiger partial charge < -0.3 is 20.4 Å². The average Bonchev–Trinajstić information content (AvgIpc) is 3.04. The highest BCUT2D eigenvalue weighted by molar-refractivity contribution is 7.92. The number of aryl methyl sites for hydroxylation is 1. The number of hydrogen-bond acceptors (Lipinski definition) is 15. The van der Waals surface area contributed by atoms with Gasteiger partial charge in [0.05, 0.1) is 11.8 Å². The van der Waals surface area contributed by atoms with Gasteiger partial charge in [-0.1, -0.05) is 0 Å².